The first-order valence-corrected chi connectivity index (χ1v) is 11.3. The van der Waals surface area contributed by atoms with Gasteiger partial charge in [-0.25, -0.2) is 4.98 Å². The number of amides is 1. The predicted molar refractivity (Wildman–Crippen MR) is 114 cm³/mol. The number of likely N-dealkylation sites (tertiary alicyclic amines) is 1. The molecule has 1 aromatic heterocycles. The van der Waals surface area contributed by atoms with Crippen LogP contribution in [0.2, 0.25) is 0 Å². The van der Waals surface area contributed by atoms with Crippen LogP contribution in [-0.2, 0) is 27.3 Å². The molecule has 3 heterocycles. The van der Waals surface area contributed by atoms with Crippen LogP contribution in [0.15, 0.2) is 0 Å². The lowest BCUT2D eigenvalue weighted by molar-refractivity contribution is -0.881. The normalized spacial score (nSPS) is 21.1. The summed E-state index contributed by atoms with van der Waals surface area (Å²) in [6, 6.07) is 1.62. The third kappa shape index (κ3) is 5.47. The summed E-state index contributed by atoms with van der Waals surface area (Å²) in [5.41, 5.74) is 0.944. The van der Waals surface area contributed by atoms with Crippen molar-refractivity contribution >= 4 is 28.3 Å². The first-order chi connectivity index (χ1) is 14.3. The van der Waals surface area contributed by atoms with Crippen molar-refractivity contribution in [1.82, 2.24) is 15.2 Å². The number of nitrogens with zero attached hydrogens (tertiary/aromatic N) is 4. The van der Waals surface area contributed by atoms with Crippen LogP contribution in [0.25, 0.3) is 0 Å². The molecule has 30 heavy (non-hydrogen) atoms. The molecule has 1 saturated heterocycles. The topological polar surface area (TPSA) is 107 Å². The summed E-state index contributed by atoms with van der Waals surface area (Å²) in [5, 5.41) is 16.6. The lowest BCUT2D eigenvalue weighted by Crippen LogP contribution is -2.51. The Morgan fingerprint density at radius 3 is 3.00 bits per heavy atom. The molecule has 0 radical (unpaired) electrons. The number of rotatable bonds is 8. The van der Waals surface area contributed by atoms with Crippen LogP contribution in [0.4, 0.5) is 5.13 Å². The van der Waals surface area contributed by atoms with Gasteiger partial charge in [-0.05, 0) is 19.8 Å². The van der Waals surface area contributed by atoms with Crippen LogP contribution in [-0.4, -0.2) is 85.2 Å². The fraction of sp³-hybridized carbons (Fsp3) is 0.700. The molecular weight excluding hydrogens is 404 g/mol. The number of carbonyl (C=O) groups is 2. The van der Waals surface area contributed by atoms with Crippen LogP contribution < -0.4 is 10.6 Å². The largest absolute Gasteiger partial charge is 0.465 e. The van der Waals surface area contributed by atoms with Crippen molar-refractivity contribution in [3.63, 3.8) is 0 Å². The Bertz CT molecular complexity index is 818. The maximum atomic E-state index is 12.6. The molecule has 1 amide bonds. The summed E-state index contributed by atoms with van der Waals surface area (Å²) in [4.78, 5) is 32.1. The number of anilines is 1. The molecule has 0 spiro atoms. The van der Waals surface area contributed by atoms with Gasteiger partial charge in [0.25, 0.3) is 5.91 Å². The average molecular weight is 436 g/mol. The Balaban J connectivity index is 1.48. The summed E-state index contributed by atoms with van der Waals surface area (Å²) in [7, 11) is 4.05. The minimum atomic E-state index is -0.336. The zero-order valence-electron chi connectivity index (χ0n) is 17.9. The number of quaternary nitrogens is 1. The molecule has 0 bridgehead atoms. The van der Waals surface area contributed by atoms with E-state index in [1.165, 1.54) is 0 Å². The van der Waals surface area contributed by atoms with Gasteiger partial charge >= 0.3 is 5.97 Å². The highest BCUT2D eigenvalue weighted by Gasteiger charge is 2.32. The molecule has 1 unspecified atom stereocenters. The van der Waals surface area contributed by atoms with Crippen molar-refractivity contribution in [1.29, 1.82) is 5.26 Å². The van der Waals surface area contributed by atoms with Crippen molar-refractivity contribution in [2.45, 2.75) is 44.8 Å². The molecule has 1 aromatic rings. The van der Waals surface area contributed by atoms with Crippen molar-refractivity contribution in [2.75, 3.05) is 52.2 Å². The summed E-state index contributed by atoms with van der Waals surface area (Å²) in [5.74, 6) is -0.184. The number of carbonyl (C=O) groups excluding carboxylic acids is 2. The molecular formula is C20H31N6O3S+. The molecule has 0 saturated carbocycles. The number of thiazole rings is 1. The first-order valence-electron chi connectivity index (χ1n) is 10.5. The van der Waals surface area contributed by atoms with E-state index < -0.39 is 0 Å². The van der Waals surface area contributed by atoms with Gasteiger partial charge in [-0.15, -0.1) is 11.3 Å². The zero-order chi connectivity index (χ0) is 21.7. The minimum absolute atomic E-state index is 0.0462. The second kappa shape index (κ2) is 9.73. The Kier molecular flexibility index (Phi) is 7.28. The van der Waals surface area contributed by atoms with Gasteiger partial charge in [-0.1, -0.05) is 0 Å². The quantitative estimate of drug-likeness (QED) is 0.458. The number of ether oxygens (including phenoxy) is 1. The Hall–Kier alpha value is -2.22. The van der Waals surface area contributed by atoms with E-state index in [2.05, 4.69) is 21.7 Å². The van der Waals surface area contributed by atoms with Crippen molar-refractivity contribution in [3.8, 4) is 6.07 Å². The van der Waals surface area contributed by atoms with Gasteiger partial charge in [0.2, 0.25) is 0 Å². The van der Waals surface area contributed by atoms with Gasteiger partial charge in [0, 0.05) is 24.4 Å². The van der Waals surface area contributed by atoms with E-state index in [0.29, 0.717) is 43.7 Å². The predicted octanol–water partition coefficient (Wildman–Crippen LogP) is 0.723. The van der Waals surface area contributed by atoms with Gasteiger partial charge in [-0.2, -0.15) is 5.26 Å². The molecule has 2 aliphatic heterocycles. The summed E-state index contributed by atoms with van der Waals surface area (Å²) in [6.45, 7) is 5.29. The number of nitriles is 1. The Morgan fingerprint density at radius 2 is 2.27 bits per heavy atom. The first kappa shape index (κ1) is 22.5. The molecule has 0 aliphatic carbocycles. The lowest BCUT2D eigenvalue weighted by atomic mass is 10.1. The number of esters is 1. The Morgan fingerprint density at radius 1 is 1.47 bits per heavy atom. The van der Waals surface area contributed by atoms with Crippen LogP contribution in [0.5, 0.6) is 0 Å². The summed E-state index contributed by atoms with van der Waals surface area (Å²) in [6.07, 6.45) is 2.22. The number of hydrogen-bond donors (Lipinski definition) is 2. The molecule has 164 valence electrons. The van der Waals surface area contributed by atoms with Gasteiger partial charge in [-0.3, -0.25) is 14.9 Å². The second-order valence-electron chi connectivity index (χ2n) is 8.40. The molecule has 9 nitrogen and oxygen atoms in total. The van der Waals surface area contributed by atoms with Crippen LogP contribution >= 0.6 is 11.3 Å². The SMILES string of the molecule is CCOC(=O)C1Cc2nc(NCC[N+](C)(C)CC(=O)N3CCC[C@H]3C#N)sc2CN1. The molecule has 1 fully saturated rings. The van der Waals surface area contributed by atoms with Crippen molar-refractivity contribution in [3.05, 3.63) is 10.6 Å². The molecule has 2 aliphatic rings. The van der Waals surface area contributed by atoms with E-state index in [1.54, 1.807) is 23.2 Å². The number of aromatic nitrogens is 1. The third-order valence-corrected chi connectivity index (χ3v) is 6.59. The lowest BCUT2D eigenvalue weighted by Gasteiger charge is -2.31. The summed E-state index contributed by atoms with van der Waals surface area (Å²) >= 11 is 1.60. The number of likely N-dealkylation sites (N-methyl/N-ethyl adjacent to an activating group) is 1. The number of nitrogens with one attached hydrogen (secondary N) is 2. The zero-order valence-corrected chi connectivity index (χ0v) is 18.8. The maximum absolute atomic E-state index is 12.6. The fourth-order valence-corrected chi connectivity index (χ4v) is 4.81. The monoisotopic (exact) mass is 435 g/mol. The van der Waals surface area contributed by atoms with Crippen LogP contribution in [0.3, 0.4) is 0 Å². The minimum Gasteiger partial charge on any atom is -0.465 e. The highest BCUT2D eigenvalue weighted by atomic mass is 32.1. The Labute approximate surface area is 181 Å². The third-order valence-electron chi connectivity index (χ3n) is 5.53. The van der Waals surface area contributed by atoms with E-state index >= 15 is 0 Å². The van der Waals surface area contributed by atoms with E-state index in [9.17, 15) is 14.9 Å². The van der Waals surface area contributed by atoms with Crippen LogP contribution in [0.1, 0.15) is 30.3 Å². The molecule has 3 rings (SSSR count). The molecule has 2 N–H and O–H groups in total. The fourth-order valence-electron chi connectivity index (χ4n) is 3.85. The van der Waals surface area contributed by atoms with Gasteiger partial charge in [0.1, 0.15) is 12.1 Å². The van der Waals surface area contributed by atoms with Gasteiger partial charge in [0.15, 0.2) is 11.7 Å². The number of fused-ring (bicyclic) bond motifs is 1. The maximum Gasteiger partial charge on any atom is 0.323 e. The van der Waals surface area contributed by atoms with Gasteiger partial charge in [0.05, 0.1) is 45.6 Å². The smallest absolute Gasteiger partial charge is 0.323 e. The molecule has 2 atom stereocenters. The van der Waals surface area contributed by atoms with E-state index in [1.807, 2.05) is 14.1 Å². The van der Waals surface area contributed by atoms with E-state index in [4.69, 9.17) is 4.74 Å². The van der Waals surface area contributed by atoms with E-state index in [-0.39, 0.29) is 24.0 Å². The number of hydrogen-bond acceptors (Lipinski definition) is 8. The summed E-state index contributed by atoms with van der Waals surface area (Å²) < 4.78 is 5.64. The molecule has 10 heteroatoms. The van der Waals surface area contributed by atoms with E-state index in [0.717, 1.165) is 35.1 Å². The second-order valence-corrected chi connectivity index (χ2v) is 9.48. The molecule has 0 aromatic carbocycles. The average Bonchev–Trinajstić information content (AvgIpc) is 3.33. The van der Waals surface area contributed by atoms with Crippen LogP contribution in [0, 0.1) is 11.3 Å². The van der Waals surface area contributed by atoms with Crippen molar-refractivity contribution < 1.29 is 18.8 Å². The standard InChI is InChI=1S/C20H31N6O3S/c1-4-29-19(28)16-10-15-17(12-23-16)30-20(24-15)22-7-9-26(2,3)13-18(27)25-8-5-6-14(25)11-21/h14,16,23H,4-10,12-13H2,1-3H3,(H,22,24)/q+1/t14-,16?/m0/s1. The van der Waals surface area contributed by atoms with Gasteiger partial charge < -0.3 is 19.4 Å². The highest BCUT2D eigenvalue weighted by Crippen LogP contribution is 2.27. The van der Waals surface area contributed by atoms with Crippen molar-refractivity contribution in [2.24, 2.45) is 0 Å². The highest BCUT2D eigenvalue weighted by molar-refractivity contribution is 7.15.